The highest BCUT2D eigenvalue weighted by Gasteiger charge is 2.29. The molecule has 1 saturated heterocycles. The largest absolute Gasteiger partial charge is 0.354 e. The fourth-order valence-electron chi connectivity index (χ4n) is 2.78. The number of nitrogens with zero attached hydrogens (tertiary/aromatic N) is 1. The Balaban J connectivity index is 0.00000312. The zero-order valence-corrected chi connectivity index (χ0v) is 14.4. The van der Waals surface area contributed by atoms with E-state index in [1.54, 1.807) is 0 Å². The van der Waals surface area contributed by atoms with Crippen molar-refractivity contribution in [3.63, 3.8) is 0 Å². The molecule has 5 nitrogen and oxygen atoms in total. The van der Waals surface area contributed by atoms with Crippen LogP contribution in [0.1, 0.15) is 36.0 Å². The van der Waals surface area contributed by atoms with Crippen molar-refractivity contribution in [1.82, 2.24) is 10.2 Å². The van der Waals surface area contributed by atoms with Gasteiger partial charge in [-0.3, -0.25) is 9.59 Å². The van der Waals surface area contributed by atoms with Crippen LogP contribution in [-0.2, 0) is 4.79 Å². The number of amides is 2. The Kier molecular flexibility index (Phi) is 8.18. The monoisotopic (exact) mass is 379 g/mol. The average Bonchev–Trinajstić information content (AvgIpc) is 2.57. The summed E-state index contributed by atoms with van der Waals surface area (Å²) in [5.41, 5.74) is 5.06. The first-order valence-electron chi connectivity index (χ1n) is 7.86. The minimum Gasteiger partial charge on any atom is -0.354 e. The number of carbonyl (C=O) groups excluding carboxylic acids is 2. The summed E-state index contributed by atoms with van der Waals surface area (Å²) in [5, 5.41) is 2.70. The van der Waals surface area contributed by atoms with Gasteiger partial charge < -0.3 is 16.0 Å². The quantitative estimate of drug-likeness (QED) is 0.768. The molecule has 1 aromatic carbocycles. The van der Waals surface area contributed by atoms with E-state index in [0.717, 1.165) is 12.8 Å². The van der Waals surface area contributed by atoms with Gasteiger partial charge >= 0.3 is 0 Å². The van der Waals surface area contributed by atoms with E-state index in [9.17, 15) is 22.8 Å². The third-order valence-electron chi connectivity index (χ3n) is 4.03. The number of nitrogens with two attached hydrogens (primary N) is 1. The molecule has 140 valence electrons. The van der Waals surface area contributed by atoms with Crippen LogP contribution in [0.5, 0.6) is 0 Å². The highest BCUT2D eigenvalue weighted by atomic mass is 35.5. The molecule has 1 heterocycles. The second-order valence-electron chi connectivity index (χ2n) is 5.74. The van der Waals surface area contributed by atoms with Crippen LogP contribution in [0.2, 0.25) is 0 Å². The van der Waals surface area contributed by atoms with Crippen LogP contribution in [0.4, 0.5) is 13.2 Å². The molecule has 25 heavy (non-hydrogen) atoms. The minimum atomic E-state index is -1.60. The van der Waals surface area contributed by atoms with Gasteiger partial charge in [0, 0.05) is 37.7 Å². The van der Waals surface area contributed by atoms with Crippen LogP contribution < -0.4 is 11.1 Å². The van der Waals surface area contributed by atoms with Crippen LogP contribution >= 0.6 is 12.4 Å². The lowest BCUT2D eigenvalue weighted by Gasteiger charge is -2.36. The van der Waals surface area contributed by atoms with Crippen LogP contribution in [0.15, 0.2) is 12.1 Å². The van der Waals surface area contributed by atoms with E-state index >= 15 is 0 Å². The number of halogens is 4. The normalized spacial score (nSPS) is 17.0. The number of piperidine rings is 1. The van der Waals surface area contributed by atoms with Gasteiger partial charge in [-0.05, 0) is 31.4 Å². The van der Waals surface area contributed by atoms with E-state index in [-0.39, 0.29) is 49.4 Å². The van der Waals surface area contributed by atoms with Gasteiger partial charge in [0.25, 0.3) is 5.91 Å². The SMILES string of the molecule is Cl.NCCC(=O)NCC1CCCCN1C(=O)c1cc(F)c(F)c(F)c1. The molecule has 2 amide bonds. The van der Waals surface area contributed by atoms with Gasteiger partial charge in [-0.1, -0.05) is 0 Å². The molecule has 0 aliphatic carbocycles. The Morgan fingerprint density at radius 2 is 1.84 bits per heavy atom. The maximum Gasteiger partial charge on any atom is 0.254 e. The van der Waals surface area contributed by atoms with E-state index in [1.807, 2.05) is 0 Å². The molecule has 0 saturated carbocycles. The van der Waals surface area contributed by atoms with Crippen molar-refractivity contribution in [3.8, 4) is 0 Å². The molecule has 0 bridgehead atoms. The molecule has 0 spiro atoms. The molecule has 1 fully saturated rings. The van der Waals surface area contributed by atoms with Crippen LogP contribution in [0.3, 0.4) is 0 Å². The molecule has 0 aromatic heterocycles. The Bertz CT molecular complexity index is 608. The summed E-state index contributed by atoms with van der Waals surface area (Å²) in [5.74, 6) is -5.19. The second kappa shape index (κ2) is 9.62. The average molecular weight is 380 g/mol. The Hall–Kier alpha value is -1.80. The zero-order valence-electron chi connectivity index (χ0n) is 13.6. The van der Waals surface area contributed by atoms with Crippen molar-refractivity contribution in [2.75, 3.05) is 19.6 Å². The Labute approximate surface area is 150 Å². The predicted molar refractivity (Wildman–Crippen MR) is 88.9 cm³/mol. The molecule has 1 aliphatic heterocycles. The van der Waals surface area contributed by atoms with Crippen molar-refractivity contribution in [1.29, 1.82) is 0 Å². The van der Waals surface area contributed by atoms with Crippen molar-refractivity contribution in [2.45, 2.75) is 31.7 Å². The fourth-order valence-corrected chi connectivity index (χ4v) is 2.78. The highest BCUT2D eigenvalue weighted by molar-refractivity contribution is 5.94. The van der Waals surface area contributed by atoms with Crippen molar-refractivity contribution in [2.24, 2.45) is 5.73 Å². The maximum absolute atomic E-state index is 13.3. The summed E-state index contributed by atoms with van der Waals surface area (Å²) in [6.07, 6.45) is 2.49. The van der Waals surface area contributed by atoms with Crippen LogP contribution in [0.25, 0.3) is 0 Å². The summed E-state index contributed by atoms with van der Waals surface area (Å²) in [7, 11) is 0. The third-order valence-corrected chi connectivity index (χ3v) is 4.03. The van der Waals surface area contributed by atoms with Gasteiger partial charge in [0.1, 0.15) is 0 Å². The Morgan fingerprint density at radius 1 is 1.20 bits per heavy atom. The number of hydrogen-bond donors (Lipinski definition) is 2. The summed E-state index contributed by atoms with van der Waals surface area (Å²) in [6.45, 7) is 0.890. The van der Waals surface area contributed by atoms with Crippen molar-refractivity contribution < 1.29 is 22.8 Å². The van der Waals surface area contributed by atoms with Gasteiger partial charge in [-0.2, -0.15) is 0 Å². The molecule has 3 N–H and O–H groups in total. The van der Waals surface area contributed by atoms with Gasteiger partial charge in [0.05, 0.1) is 0 Å². The van der Waals surface area contributed by atoms with E-state index in [4.69, 9.17) is 5.73 Å². The first-order chi connectivity index (χ1) is 11.4. The first kappa shape index (κ1) is 21.2. The summed E-state index contributed by atoms with van der Waals surface area (Å²) in [6, 6.07) is 1.11. The molecule has 0 radical (unpaired) electrons. The third kappa shape index (κ3) is 5.34. The van der Waals surface area contributed by atoms with E-state index in [2.05, 4.69) is 5.32 Å². The molecule has 2 rings (SSSR count). The number of rotatable bonds is 5. The van der Waals surface area contributed by atoms with Crippen molar-refractivity contribution >= 4 is 24.2 Å². The van der Waals surface area contributed by atoms with Crippen LogP contribution in [0, 0.1) is 17.5 Å². The molecular formula is C16H21ClF3N3O2. The Morgan fingerprint density at radius 3 is 2.44 bits per heavy atom. The lowest BCUT2D eigenvalue weighted by molar-refractivity contribution is -0.121. The summed E-state index contributed by atoms with van der Waals surface area (Å²) in [4.78, 5) is 25.5. The van der Waals surface area contributed by atoms with Gasteiger partial charge in [-0.15, -0.1) is 12.4 Å². The lowest BCUT2D eigenvalue weighted by atomic mass is 10.0. The lowest BCUT2D eigenvalue weighted by Crippen LogP contribution is -2.49. The number of benzene rings is 1. The fraction of sp³-hybridized carbons (Fsp3) is 0.500. The predicted octanol–water partition coefficient (Wildman–Crippen LogP) is 1.99. The van der Waals surface area contributed by atoms with Gasteiger partial charge in [-0.25, -0.2) is 13.2 Å². The maximum atomic E-state index is 13.3. The highest BCUT2D eigenvalue weighted by Crippen LogP contribution is 2.21. The molecule has 1 aromatic rings. The standard InChI is InChI=1S/C16H20F3N3O2.ClH/c17-12-7-10(8-13(18)15(12)19)16(24)22-6-2-1-3-11(22)9-21-14(23)4-5-20;/h7-8,11H,1-6,9,20H2,(H,21,23);1H. The summed E-state index contributed by atoms with van der Waals surface area (Å²) < 4.78 is 39.7. The second-order valence-corrected chi connectivity index (χ2v) is 5.74. The zero-order chi connectivity index (χ0) is 17.7. The molecule has 9 heteroatoms. The molecule has 1 atom stereocenters. The van der Waals surface area contributed by atoms with Gasteiger partial charge in [0.2, 0.25) is 5.91 Å². The summed E-state index contributed by atoms with van der Waals surface area (Å²) >= 11 is 0. The number of nitrogens with one attached hydrogen (secondary N) is 1. The van der Waals surface area contributed by atoms with Crippen LogP contribution in [-0.4, -0.2) is 42.4 Å². The van der Waals surface area contributed by atoms with E-state index in [1.165, 1.54) is 4.90 Å². The number of likely N-dealkylation sites (tertiary alicyclic amines) is 1. The van der Waals surface area contributed by atoms with Crippen molar-refractivity contribution in [3.05, 3.63) is 35.1 Å². The van der Waals surface area contributed by atoms with E-state index < -0.39 is 23.4 Å². The first-order valence-corrected chi connectivity index (χ1v) is 7.86. The van der Waals surface area contributed by atoms with E-state index in [0.29, 0.717) is 25.1 Å². The molecule has 1 aliphatic rings. The smallest absolute Gasteiger partial charge is 0.254 e. The molecule has 1 unspecified atom stereocenters. The molecular weight excluding hydrogens is 359 g/mol. The minimum absolute atomic E-state index is 0. The number of carbonyl (C=O) groups is 2. The topological polar surface area (TPSA) is 75.4 Å². The van der Waals surface area contributed by atoms with Gasteiger partial charge in [0.15, 0.2) is 17.5 Å². The number of hydrogen-bond acceptors (Lipinski definition) is 3.